The number of benzene rings is 1. The molecule has 2 N–H and O–H groups in total. The molecule has 2 amide bonds. The maximum atomic E-state index is 12.6. The SMILES string of the molecule is CS(=O)(=O)NCC1CCCCN1C(=O)NCc1ccc(-c2ccccc2)o1. The van der Waals surface area contributed by atoms with E-state index in [1.54, 1.807) is 4.90 Å². The Kier molecular flexibility index (Phi) is 6.18. The number of urea groups is 1. The van der Waals surface area contributed by atoms with E-state index in [9.17, 15) is 13.2 Å². The summed E-state index contributed by atoms with van der Waals surface area (Å²) in [6.45, 7) is 1.15. The molecule has 0 spiro atoms. The number of rotatable bonds is 6. The second-order valence-electron chi connectivity index (χ2n) is 6.75. The van der Waals surface area contributed by atoms with Crippen LogP contribution in [0, 0.1) is 0 Å². The fourth-order valence-electron chi connectivity index (χ4n) is 3.22. The predicted octanol–water partition coefficient (Wildman–Crippen LogP) is 2.56. The minimum absolute atomic E-state index is 0.134. The zero-order chi connectivity index (χ0) is 19.3. The zero-order valence-corrected chi connectivity index (χ0v) is 16.2. The minimum Gasteiger partial charge on any atom is -0.459 e. The van der Waals surface area contributed by atoms with Crippen molar-refractivity contribution in [2.45, 2.75) is 31.8 Å². The van der Waals surface area contributed by atoms with E-state index in [0.717, 1.165) is 36.8 Å². The normalized spacial score (nSPS) is 17.7. The molecule has 1 aliphatic heterocycles. The Bertz CT molecular complexity index is 864. The molecule has 1 fully saturated rings. The van der Waals surface area contributed by atoms with Gasteiger partial charge in [-0.15, -0.1) is 0 Å². The van der Waals surface area contributed by atoms with Crippen LogP contribution in [0.25, 0.3) is 11.3 Å². The summed E-state index contributed by atoms with van der Waals surface area (Å²) >= 11 is 0. The van der Waals surface area contributed by atoms with E-state index in [2.05, 4.69) is 10.0 Å². The molecule has 0 aliphatic carbocycles. The maximum Gasteiger partial charge on any atom is 0.318 e. The second-order valence-corrected chi connectivity index (χ2v) is 8.59. The molecule has 146 valence electrons. The summed E-state index contributed by atoms with van der Waals surface area (Å²) in [7, 11) is -3.27. The van der Waals surface area contributed by atoms with Crippen LogP contribution in [-0.2, 0) is 16.6 Å². The van der Waals surface area contributed by atoms with Gasteiger partial charge in [0.1, 0.15) is 11.5 Å². The highest BCUT2D eigenvalue weighted by Gasteiger charge is 2.27. The first-order chi connectivity index (χ1) is 12.9. The van der Waals surface area contributed by atoms with Gasteiger partial charge in [-0.3, -0.25) is 0 Å². The molecular formula is C19H25N3O4S. The van der Waals surface area contributed by atoms with Crippen LogP contribution in [-0.4, -0.2) is 44.7 Å². The molecule has 2 aromatic rings. The summed E-state index contributed by atoms with van der Waals surface area (Å²) in [5.41, 5.74) is 0.984. The van der Waals surface area contributed by atoms with Gasteiger partial charge < -0.3 is 14.6 Å². The summed E-state index contributed by atoms with van der Waals surface area (Å²) in [6, 6.07) is 13.2. The highest BCUT2D eigenvalue weighted by Crippen LogP contribution is 2.22. The smallest absolute Gasteiger partial charge is 0.318 e. The molecule has 1 aromatic carbocycles. The molecule has 0 radical (unpaired) electrons. The van der Waals surface area contributed by atoms with Crippen molar-refractivity contribution in [1.82, 2.24) is 14.9 Å². The molecule has 7 nitrogen and oxygen atoms in total. The van der Waals surface area contributed by atoms with Crippen LogP contribution in [0.3, 0.4) is 0 Å². The summed E-state index contributed by atoms with van der Waals surface area (Å²) in [5, 5.41) is 2.88. The van der Waals surface area contributed by atoms with Crippen molar-refractivity contribution in [1.29, 1.82) is 0 Å². The lowest BCUT2D eigenvalue weighted by molar-refractivity contribution is 0.151. The monoisotopic (exact) mass is 391 g/mol. The summed E-state index contributed by atoms with van der Waals surface area (Å²) in [6.07, 6.45) is 3.82. The Labute approximate surface area is 159 Å². The number of nitrogens with one attached hydrogen (secondary N) is 2. The highest BCUT2D eigenvalue weighted by atomic mass is 32.2. The van der Waals surface area contributed by atoms with E-state index in [0.29, 0.717) is 12.3 Å². The predicted molar refractivity (Wildman–Crippen MR) is 104 cm³/mol. The van der Waals surface area contributed by atoms with E-state index in [4.69, 9.17) is 4.42 Å². The van der Waals surface area contributed by atoms with E-state index < -0.39 is 10.0 Å². The van der Waals surface area contributed by atoms with E-state index >= 15 is 0 Å². The number of piperidine rings is 1. The number of sulfonamides is 1. The number of carbonyl (C=O) groups is 1. The van der Waals surface area contributed by atoms with Gasteiger partial charge in [-0.05, 0) is 31.4 Å². The van der Waals surface area contributed by atoms with E-state index in [-0.39, 0.29) is 25.2 Å². The van der Waals surface area contributed by atoms with Gasteiger partial charge in [0.2, 0.25) is 10.0 Å². The number of furan rings is 1. The van der Waals surface area contributed by atoms with Crippen molar-refractivity contribution < 1.29 is 17.6 Å². The Morgan fingerprint density at radius 2 is 1.96 bits per heavy atom. The standard InChI is InChI=1S/C19H25N3O4S/c1-27(24,25)21-13-16-9-5-6-12-22(16)19(23)20-14-17-10-11-18(26-17)15-7-3-2-4-8-15/h2-4,7-8,10-11,16,21H,5-6,9,12-14H2,1H3,(H,20,23). The number of nitrogens with zero attached hydrogens (tertiary/aromatic N) is 1. The maximum absolute atomic E-state index is 12.6. The van der Waals surface area contributed by atoms with Crippen LogP contribution < -0.4 is 10.0 Å². The molecule has 0 bridgehead atoms. The average Bonchev–Trinajstić information content (AvgIpc) is 3.14. The van der Waals surface area contributed by atoms with E-state index in [1.165, 1.54) is 0 Å². The summed E-state index contributed by atoms with van der Waals surface area (Å²) < 4.78 is 31.0. The minimum atomic E-state index is -3.27. The lowest BCUT2D eigenvalue weighted by Gasteiger charge is -2.35. The van der Waals surface area contributed by atoms with Crippen LogP contribution in [0.5, 0.6) is 0 Å². The lowest BCUT2D eigenvalue weighted by atomic mass is 10.0. The van der Waals surface area contributed by atoms with E-state index in [1.807, 2.05) is 42.5 Å². The highest BCUT2D eigenvalue weighted by molar-refractivity contribution is 7.88. The molecule has 1 aromatic heterocycles. The largest absolute Gasteiger partial charge is 0.459 e. The molecule has 2 heterocycles. The van der Waals surface area contributed by atoms with Crippen molar-refractivity contribution in [2.24, 2.45) is 0 Å². The number of hydrogen-bond acceptors (Lipinski definition) is 4. The third-order valence-electron chi connectivity index (χ3n) is 4.60. The Hall–Kier alpha value is -2.32. The van der Waals surface area contributed by atoms with Gasteiger partial charge in [-0.1, -0.05) is 30.3 Å². The first kappa shape index (κ1) is 19.4. The molecule has 1 saturated heterocycles. The molecule has 1 unspecified atom stereocenters. The van der Waals surface area contributed by atoms with Crippen molar-refractivity contribution in [3.63, 3.8) is 0 Å². The Morgan fingerprint density at radius 3 is 2.70 bits per heavy atom. The summed E-state index contributed by atoms with van der Waals surface area (Å²) in [4.78, 5) is 14.3. The van der Waals surface area contributed by atoms with Gasteiger partial charge in [0.25, 0.3) is 0 Å². The first-order valence-electron chi connectivity index (χ1n) is 9.05. The van der Waals surface area contributed by atoms with Crippen LogP contribution in [0.1, 0.15) is 25.0 Å². The number of hydrogen-bond donors (Lipinski definition) is 2. The molecule has 1 aliphatic rings. The van der Waals surface area contributed by atoms with Crippen LogP contribution in [0.15, 0.2) is 46.9 Å². The fourth-order valence-corrected chi connectivity index (χ4v) is 3.72. The zero-order valence-electron chi connectivity index (χ0n) is 15.3. The van der Waals surface area contributed by atoms with Gasteiger partial charge in [-0.2, -0.15) is 0 Å². The van der Waals surface area contributed by atoms with Gasteiger partial charge in [0, 0.05) is 24.7 Å². The quantitative estimate of drug-likeness (QED) is 0.792. The van der Waals surface area contributed by atoms with Crippen molar-refractivity contribution in [3.05, 3.63) is 48.2 Å². The first-order valence-corrected chi connectivity index (χ1v) is 10.9. The topological polar surface area (TPSA) is 91.7 Å². The molecule has 0 saturated carbocycles. The van der Waals surface area contributed by atoms with Crippen LogP contribution in [0.2, 0.25) is 0 Å². The third-order valence-corrected chi connectivity index (χ3v) is 5.29. The average molecular weight is 391 g/mol. The fraction of sp³-hybridized carbons (Fsp3) is 0.421. The van der Waals surface area contributed by atoms with Gasteiger partial charge in [0.15, 0.2) is 0 Å². The molecular weight excluding hydrogens is 366 g/mol. The Balaban J connectivity index is 1.57. The van der Waals surface area contributed by atoms with Crippen LogP contribution >= 0.6 is 0 Å². The molecule has 27 heavy (non-hydrogen) atoms. The number of likely N-dealkylation sites (tertiary alicyclic amines) is 1. The lowest BCUT2D eigenvalue weighted by Crippen LogP contribution is -2.52. The molecule has 1 atom stereocenters. The van der Waals surface area contributed by atoms with Crippen molar-refractivity contribution >= 4 is 16.1 Å². The van der Waals surface area contributed by atoms with Gasteiger partial charge in [0.05, 0.1) is 12.8 Å². The van der Waals surface area contributed by atoms with Crippen LogP contribution in [0.4, 0.5) is 4.79 Å². The second kappa shape index (κ2) is 8.58. The molecule has 8 heteroatoms. The number of carbonyl (C=O) groups excluding carboxylic acids is 1. The van der Waals surface area contributed by atoms with Gasteiger partial charge in [-0.25, -0.2) is 17.9 Å². The summed E-state index contributed by atoms with van der Waals surface area (Å²) in [5.74, 6) is 1.43. The third kappa shape index (κ3) is 5.58. The van der Waals surface area contributed by atoms with Crippen molar-refractivity contribution in [3.8, 4) is 11.3 Å². The van der Waals surface area contributed by atoms with Crippen molar-refractivity contribution in [2.75, 3.05) is 19.3 Å². The number of amides is 2. The molecule has 3 rings (SSSR count). The Morgan fingerprint density at radius 1 is 1.19 bits per heavy atom. The van der Waals surface area contributed by atoms with Gasteiger partial charge >= 0.3 is 6.03 Å².